The maximum atomic E-state index is 13.2. The smallest absolute Gasteiger partial charge is 0.227 e. The SMILES string of the molecule is CC(C)COc1ccc2c(c1)CCN1C(=O)C3CCCN(S(C)(=O)=O)C3CC21. The van der Waals surface area contributed by atoms with E-state index < -0.39 is 10.0 Å². The number of amides is 1. The van der Waals surface area contributed by atoms with E-state index in [0.29, 0.717) is 32.0 Å². The number of fused-ring (bicyclic) bond motifs is 4. The van der Waals surface area contributed by atoms with Crippen LogP contribution < -0.4 is 4.74 Å². The molecule has 28 heavy (non-hydrogen) atoms. The van der Waals surface area contributed by atoms with E-state index in [1.807, 2.05) is 11.0 Å². The van der Waals surface area contributed by atoms with Crippen LogP contribution in [-0.2, 0) is 21.2 Å². The Bertz CT molecular complexity index is 867. The van der Waals surface area contributed by atoms with Crippen LogP contribution in [0, 0.1) is 11.8 Å². The van der Waals surface area contributed by atoms with E-state index in [2.05, 4.69) is 26.0 Å². The van der Waals surface area contributed by atoms with Crippen LogP contribution in [0.5, 0.6) is 5.75 Å². The van der Waals surface area contributed by atoms with Gasteiger partial charge in [0.2, 0.25) is 15.9 Å². The van der Waals surface area contributed by atoms with Crippen molar-refractivity contribution < 1.29 is 17.9 Å². The van der Waals surface area contributed by atoms with Crippen molar-refractivity contribution in [3.8, 4) is 5.75 Å². The van der Waals surface area contributed by atoms with Crippen molar-refractivity contribution >= 4 is 15.9 Å². The van der Waals surface area contributed by atoms with Gasteiger partial charge in [0.15, 0.2) is 0 Å². The number of nitrogens with zero attached hydrogens (tertiary/aromatic N) is 2. The lowest BCUT2D eigenvalue weighted by molar-refractivity contribution is -0.147. The Hall–Kier alpha value is -1.60. The summed E-state index contributed by atoms with van der Waals surface area (Å²) in [4.78, 5) is 15.2. The molecule has 2 fully saturated rings. The zero-order chi connectivity index (χ0) is 20.1. The molecule has 1 amide bonds. The average molecular weight is 407 g/mol. The van der Waals surface area contributed by atoms with E-state index in [1.54, 1.807) is 4.31 Å². The lowest BCUT2D eigenvalue weighted by atomic mass is 9.77. The molecule has 0 radical (unpaired) electrons. The Labute approximate surface area is 167 Å². The molecule has 154 valence electrons. The number of hydrogen-bond acceptors (Lipinski definition) is 4. The van der Waals surface area contributed by atoms with Crippen LogP contribution in [-0.4, -0.2) is 55.5 Å². The molecular formula is C21H30N2O4S. The predicted molar refractivity (Wildman–Crippen MR) is 108 cm³/mol. The number of ether oxygens (including phenoxy) is 1. The molecule has 6 nitrogen and oxygen atoms in total. The third-order valence-electron chi connectivity index (χ3n) is 6.27. The minimum atomic E-state index is -3.31. The van der Waals surface area contributed by atoms with Crippen LogP contribution >= 0.6 is 0 Å². The summed E-state index contributed by atoms with van der Waals surface area (Å²) in [6, 6.07) is 5.89. The summed E-state index contributed by atoms with van der Waals surface area (Å²) in [5.74, 6) is 1.26. The summed E-state index contributed by atoms with van der Waals surface area (Å²) in [6.45, 7) is 6.15. The Balaban J connectivity index is 1.63. The maximum Gasteiger partial charge on any atom is 0.227 e. The van der Waals surface area contributed by atoms with Crippen LogP contribution in [0.1, 0.15) is 50.3 Å². The molecule has 2 saturated heterocycles. The Morgan fingerprint density at radius 1 is 1.25 bits per heavy atom. The minimum Gasteiger partial charge on any atom is -0.493 e. The highest BCUT2D eigenvalue weighted by Crippen LogP contribution is 2.44. The van der Waals surface area contributed by atoms with Crippen LogP contribution in [0.25, 0.3) is 0 Å². The summed E-state index contributed by atoms with van der Waals surface area (Å²) in [7, 11) is -3.31. The Kier molecular flexibility index (Phi) is 5.16. The van der Waals surface area contributed by atoms with Gasteiger partial charge in [-0.25, -0.2) is 8.42 Å². The molecule has 3 unspecified atom stereocenters. The molecule has 0 N–H and O–H groups in total. The average Bonchev–Trinajstić information content (AvgIpc) is 2.65. The summed E-state index contributed by atoms with van der Waals surface area (Å²) in [6.07, 6.45) is 4.31. The van der Waals surface area contributed by atoms with E-state index in [-0.39, 0.29) is 23.9 Å². The molecule has 7 heteroatoms. The molecule has 3 aliphatic rings. The topological polar surface area (TPSA) is 66.9 Å². The molecule has 0 spiro atoms. The Morgan fingerprint density at radius 2 is 2.04 bits per heavy atom. The van der Waals surface area contributed by atoms with Gasteiger partial charge < -0.3 is 9.64 Å². The standard InChI is InChI=1S/C21H30N2O4S/c1-14(2)13-27-16-6-7-17-15(11-16)8-10-22-19(17)12-20-18(21(22)24)5-4-9-23(20)28(3,25)26/h6-7,11,14,18-20H,4-5,8-10,12-13H2,1-3H3. The number of benzene rings is 1. The minimum absolute atomic E-state index is 0.0426. The molecule has 0 saturated carbocycles. The first-order valence-corrected chi connectivity index (χ1v) is 12.1. The molecule has 4 rings (SSSR count). The van der Waals surface area contributed by atoms with Crippen molar-refractivity contribution in [2.75, 3.05) is 26.0 Å². The fourth-order valence-corrected chi connectivity index (χ4v) is 6.19. The lowest BCUT2D eigenvalue weighted by Gasteiger charge is -2.50. The van der Waals surface area contributed by atoms with E-state index in [9.17, 15) is 13.2 Å². The number of hydrogen-bond donors (Lipinski definition) is 0. The predicted octanol–water partition coefficient (Wildman–Crippen LogP) is 2.59. The molecular weight excluding hydrogens is 376 g/mol. The summed E-state index contributed by atoms with van der Waals surface area (Å²) < 4.78 is 32.1. The van der Waals surface area contributed by atoms with E-state index >= 15 is 0 Å². The normalized spacial score (nSPS) is 27.9. The highest BCUT2D eigenvalue weighted by Gasteiger charge is 2.49. The fourth-order valence-electron chi connectivity index (χ4n) is 5.01. The van der Waals surface area contributed by atoms with Crippen LogP contribution in [0.2, 0.25) is 0 Å². The molecule has 0 aliphatic carbocycles. The van der Waals surface area contributed by atoms with Crippen molar-refractivity contribution in [3.63, 3.8) is 0 Å². The first-order chi connectivity index (χ1) is 13.3. The molecule has 3 atom stereocenters. The van der Waals surface area contributed by atoms with Crippen molar-refractivity contribution in [2.45, 2.75) is 51.6 Å². The second kappa shape index (κ2) is 7.34. The summed E-state index contributed by atoms with van der Waals surface area (Å²) >= 11 is 0. The second-order valence-corrected chi connectivity index (χ2v) is 10.7. The van der Waals surface area contributed by atoms with Crippen LogP contribution in [0.15, 0.2) is 18.2 Å². The Morgan fingerprint density at radius 3 is 2.75 bits per heavy atom. The number of carbonyl (C=O) groups is 1. The first-order valence-electron chi connectivity index (χ1n) is 10.3. The van der Waals surface area contributed by atoms with Crippen molar-refractivity contribution in [1.29, 1.82) is 0 Å². The van der Waals surface area contributed by atoms with Gasteiger partial charge in [0.25, 0.3) is 0 Å². The van der Waals surface area contributed by atoms with Crippen LogP contribution in [0.3, 0.4) is 0 Å². The third kappa shape index (κ3) is 3.54. The monoisotopic (exact) mass is 406 g/mol. The zero-order valence-electron chi connectivity index (χ0n) is 16.9. The van der Waals surface area contributed by atoms with E-state index in [4.69, 9.17) is 4.74 Å². The van der Waals surface area contributed by atoms with Crippen LogP contribution in [0.4, 0.5) is 0 Å². The van der Waals surface area contributed by atoms with Gasteiger partial charge in [0.1, 0.15) is 5.75 Å². The van der Waals surface area contributed by atoms with Gasteiger partial charge in [-0.3, -0.25) is 4.79 Å². The van der Waals surface area contributed by atoms with Gasteiger partial charge in [0.05, 0.1) is 24.8 Å². The maximum absolute atomic E-state index is 13.2. The lowest BCUT2D eigenvalue weighted by Crippen LogP contribution is -2.59. The molecule has 3 aliphatic heterocycles. The molecule has 0 aromatic heterocycles. The molecule has 1 aromatic rings. The van der Waals surface area contributed by atoms with Gasteiger partial charge >= 0.3 is 0 Å². The van der Waals surface area contributed by atoms with Crippen molar-refractivity contribution in [2.24, 2.45) is 11.8 Å². The van der Waals surface area contributed by atoms with Gasteiger partial charge in [0, 0.05) is 19.1 Å². The van der Waals surface area contributed by atoms with Gasteiger partial charge in [-0.2, -0.15) is 4.31 Å². The van der Waals surface area contributed by atoms with E-state index in [0.717, 1.165) is 30.6 Å². The third-order valence-corrected chi connectivity index (χ3v) is 7.58. The largest absolute Gasteiger partial charge is 0.493 e. The molecule has 1 aromatic carbocycles. The van der Waals surface area contributed by atoms with Gasteiger partial charge in [-0.15, -0.1) is 0 Å². The highest BCUT2D eigenvalue weighted by atomic mass is 32.2. The number of carbonyl (C=O) groups excluding carboxylic acids is 1. The summed E-state index contributed by atoms with van der Waals surface area (Å²) in [5.41, 5.74) is 2.37. The molecule has 0 bridgehead atoms. The number of sulfonamides is 1. The quantitative estimate of drug-likeness (QED) is 0.771. The van der Waals surface area contributed by atoms with Gasteiger partial charge in [-0.05, 0) is 54.9 Å². The first kappa shape index (κ1) is 19.7. The number of piperidine rings is 2. The highest BCUT2D eigenvalue weighted by molar-refractivity contribution is 7.88. The fraction of sp³-hybridized carbons (Fsp3) is 0.667. The molecule has 3 heterocycles. The van der Waals surface area contributed by atoms with E-state index in [1.165, 1.54) is 11.8 Å². The zero-order valence-corrected chi connectivity index (χ0v) is 17.7. The number of rotatable bonds is 4. The summed E-state index contributed by atoms with van der Waals surface area (Å²) in [5, 5.41) is 0. The van der Waals surface area contributed by atoms with Crippen molar-refractivity contribution in [3.05, 3.63) is 29.3 Å². The van der Waals surface area contributed by atoms with Crippen molar-refractivity contribution in [1.82, 2.24) is 9.21 Å². The second-order valence-electron chi connectivity index (χ2n) is 8.79. The van der Waals surface area contributed by atoms with Gasteiger partial charge in [-0.1, -0.05) is 19.9 Å².